The predicted molar refractivity (Wildman–Crippen MR) is 101 cm³/mol. The summed E-state index contributed by atoms with van der Waals surface area (Å²) in [5, 5.41) is 6.53. The first kappa shape index (κ1) is 21.8. The molecule has 28 heavy (non-hydrogen) atoms. The maximum absolute atomic E-state index is 12.2. The van der Waals surface area contributed by atoms with Crippen LogP contribution in [0.3, 0.4) is 0 Å². The summed E-state index contributed by atoms with van der Waals surface area (Å²) in [5.74, 6) is 0.599. The first-order chi connectivity index (χ1) is 13.3. The first-order valence-corrected chi connectivity index (χ1v) is 9.48. The third kappa shape index (κ3) is 7.28. The van der Waals surface area contributed by atoms with Crippen LogP contribution in [0.4, 0.5) is 13.2 Å². The maximum atomic E-state index is 12.2. The van der Waals surface area contributed by atoms with Gasteiger partial charge in [-0.2, -0.15) is 0 Å². The molecule has 1 fully saturated rings. The number of alkyl halides is 3. The van der Waals surface area contributed by atoms with E-state index in [2.05, 4.69) is 20.4 Å². The molecule has 9 heteroatoms. The molecule has 6 nitrogen and oxygen atoms in total. The second kappa shape index (κ2) is 10.2. The highest BCUT2D eigenvalue weighted by atomic mass is 19.4. The minimum absolute atomic E-state index is 0.157. The van der Waals surface area contributed by atoms with Crippen LogP contribution in [0.15, 0.2) is 29.3 Å². The van der Waals surface area contributed by atoms with Crippen molar-refractivity contribution in [2.24, 2.45) is 4.99 Å². The molecule has 0 saturated carbocycles. The molecule has 1 heterocycles. The van der Waals surface area contributed by atoms with Crippen LogP contribution < -0.4 is 15.4 Å². The van der Waals surface area contributed by atoms with E-state index in [1.54, 1.807) is 12.1 Å². The molecule has 1 aliphatic rings. The van der Waals surface area contributed by atoms with Gasteiger partial charge in [0, 0.05) is 38.6 Å². The molecule has 1 atom stereocenters. The van der Waals surface area contributed by atoms with Crippen molar-refractivity contribution in [2.75, 3.05) is 26.2 Å². The van der Waals surface area contributed by atoms with E-state index in [0.717, 1.165) is 18.5 Å². The Morgan fingerprint density at radius 1 is 1.29 bits per heavy atom. The lowest BCUT2D eigenvalue weighted by Crippen LogP contribution is -2.45. The summed E-state index contributed by atoms with van der Waals surface area (Å²) >= 11 is 0. The van der Waals surface area contributed by atoms with Crippen LogP contribution in [0.2, 0.25) is 0 Å². The molecule has 1 aromatic carbocycles. The summed E-state index contributed by atoms with van der Waals surface area (Å²) in [6.07, 6.45) is -2.71. The second-order valence-corrected chi connectivity index (χ2v) is 6.53. The molecular formula is C19H27F3N4O2. The lowest BCUT2D eigenvalue weighted by Gasteiger charge is -2.18. The number of hydrogen-bond acceptors (Lipinski definition) is 3. The lowest BCUT2D eigenvalue weighted by atomic mass is 10.1. The molecule has 156 valence electrons. The zero-order valence-electron chi connectivity index (χ0n) is 16.2. The summed E-state index contributed by atoms with van der Waals surface area (Å²) in [6.45, 7) is 6.43. The molecular weight excluding hydrogens is 373 g/mol. The average Bonchev–Trinajstić information content (AvgIpc) is 3.10. The van der Waals surface area contributed by atoms with E-state index in [-0.39, 0.29) is 17.7 Å². The zero-order chi connectivity index (χ0) is 20.6. The highest BCUT2D eigenvalue weighted by Gasteiger charge is 2.31. The summed E-state index contributed by atoms with van der Waals surface area (Å²) in [7, 11) is 0. The Labute approximate surface area is 163 Å². The summed E-state index contributed by atoms with van der Waals surface area (Å²) in [5.41, 5.74) is 0.870. The van der Waals surface area contributed by atoms with Crippen LogP contribution in [-0.4, -0.2) is 55.3 Å². The van der Waals surface area contributed by atoms with E-state index in [0.29, 0.717) is 38.4 Å². The van der Waals surface area contributed by atoms with E-state index in [4.69, 9.17) is 0 Å². The van der Waals surface area contributed by atoms with Crippen LogP contribution in [0, 0.1) is 0 Å². The number of rotatable bonds is 7. The van der Waals surface area contributed by atoms with Crippen molar-refractivity contribution < 1.29 is 22.7 Å². The minimum atomic E-state index is -4.68. The fourth-order valence-corrected chi connectivity index (χ4v) is 3.00. The van der Waals surface area contributed by atoms with Gasteiger partial charge in [-0.1, -0.05) is 19.1 Å². The molecule has 1 aromatic rings. The monoisotopic (exact) mass is 400 g/mol. The number of nitrogens with zero attached hydrogens (tertiary/aromatic N) is 2. The molecule has 1 unspecified atom stereocenters. The molecule has 0 aromatic heterocycles. The Kier molecular flexibility index (Phi) is 7.95. The van der Waals surface area contributed by atoms with Gasteiger partial charge in [0.2, 0.25) is 5.91 Å². The van der Waals surface area contributed by atoms with Gasteiger partial charge in [-0.05, 0) is 37.5 Å². The predicted octanol–water partition coefficient (Wildman–Crippen LogP) is 2.69. The van der Waals surface area contributed by atoms with Crippen molar-refractivity contribution in [1.82, 2.24) is 15.5 Å². The fraction of sp³-hybridized carbons (Fsp3) is 0.579. The van der Waals surface area contributed by atoms with Crippen molar-refractivity contribution >= 4 is 11.9 Å². The fourth-order valence-electron chi connectivity index (χ4n) is 3.00. The molecule has 0 aliphatic carbocycles. The Balaban J connectivity index is 1.85. The number of likely N-dealkylation sites (tertiary alicyclic amines) is 1. The number of ether oxygens (including phenoxy) is 1. The van der Waals surface area contributed by atoms with E-state index in [1.807, 2.05) is 18.7 Å². The molecule has 2 rings (SSSR count). The van der Waals surface area contributed by atoms with E-state index in [9.17, 15) is 18.0 Å². The Morgan fingerprint density at radius 2 is 2.00 bits per heavy atom. The van der Waals surface area contributed by atoms with Crippen LogP contribution in [0.5, 0.6) is 5.75 Å². The van der Waals surface area contributed by atoms with Crippen molar-refractivity contribution in [2.45, 2.75) is 45.5 Å². The summed E-state index contributed by atoms with van der Waals surface area (Å²) < 4.78 is 40.4. The van der Waals surface area contributed by atoms with Crippen LogP contribution in [0.25, 0.3) is 0 Å². The maximum Gasteiger partial charge on any atom is 0.573 e. The number of amides is 1. The first-order valence-electron chi connectivity index (χ1n) is 9.48. The third-order valence-electron chi connectivity index (χ3n) is 4.36. The number of carbonyl (C=O) groups is 1. The Hall–Kier alpha value is -2.45. The Morgan fingerprint density at radius 3 is 2.61 bits per heavy atom. The topological polar surface area (TPSA) is 66.0 Å². The van der Waals surface area contributed by atoms with Gasteiger partial charge in [-0.3, -0.25) is 9.79 Å². The number of nitrogens with one attached hydrogen (secondary N) is 2. The van der Waals surface area contributed by atoms with Crippen molar-refractivity contribution in [3.05, 3.63) is 29.8 Å². The quantitative estimate of drug-likeness (QED) is 0.546. The van der Waals surface area contributed by atoms with Gasteiger partial charge in [0.25, 0.3) is 0 Å². The summed E-state index contributed by atoms with van der Waals surface area (Å²) in [4.78, 5) is 18.2. The minimum Gasteiger partial charge on any atom is -0.406 e. The highest BCUT2D eigenvalue weighted by Crippen LogP contribution is 2.22. The molecule has 0 bridgehead atoms. The van der Waals surface area contributed by atoms with Crippen LogP contribution in [-0.2, 0) is 11.2 Å². The second-order valence-electron chi connectivity index (χ2n) is 6.53. The van der Waals surface area contributed by atoms with Gasteiger partial charge in [0.05, 0.1) is 0 Å². The Bertz CT molecular complexity index is 662. The highest BCUT2D eigenvalue weighted by molar-refractivity contribution is 5.80. The average molecular weight is 400 g/mol. The van der Waals surface area contributed by atoms with Crippen LogP contribution >= 0.6 is 0 Å². The normalized spacial score (nSPS) is 17.5. The van der Waals surface area contributed by atoms with E-state index < -0.39 is 6.36 Å². The summed E-state index contributed by atoms with van der Waals surface area (Å²) in [6, 6.07) is 5.96. The molecule has 1 amide bonds. The largest absolute Gasteiger partial charge is 0.573 e. The van der Waals surface area contributed by atoms with Gasteiger partial charge < -0.3 is 20.3 Å². The number of carbonyl (C=O) groups excluding carboxylic acids is 1. The number of hydrogen-bond donors (Lipinski definition) is 2. The standard InChI is InChI=1S/C19H27F3N4O2/c1-3-17(27)26-12-10-15(13-26)25-18(23-4-2)24-11-9-14-5-7-16(8-6-14)28-19(20,21)22/h5-8,15H,3-4,9-13H2,1-2H3,(H2,23,24,25). The molecule has 0 radical (unpaired) electrons. The van der Waals surface area contributed by atoms with Gasteiger partial charge in [-0.25, -0.2) is 0 Å². The third-order valence-corrected chi connectivity index (χ3v) is 4.36. The number of guanidine groups is 1. The molecule has 0 spiro atoms. The van der Waals surface area contributed by atoms with Gasteiger partial charge in [-0.15, -0.1) is 13.2 Å². The number of halogens is 3. The van der Waals surface area contributed by atoms with Crippen LogP contribution in [0.1, 0.15) is 32.3 Å². The number of aliphatic imine (C=N–C) groups is 1. The smallest absolute Gasteiger partial charge is 0.406 e. The van der Waals surface area contributed by atoms with Crippen molar-refractivity contribution in [3.8, 4) is 5.75 Å². The molecule has 2 N–H and O–H groups in total. The number of benzene rings is 1. The molecule has 1 aliphatic heterocycles. The zero-order valence-corrected chi connectivity index (χ0v) is 16.2. The van der Waals surface area contributed by atoms with E-state index in [1.165, 1.54) is 12.1 Å². The molecule has 1 saturated heterocycles. The van der Waals surface area contributed by atoms with Gasteiger partial charge in [0.15, 0.2) is 5.96 Å². The van der Waals surface area contributed by atoms with Gasteiger partial charge >= 0.3 is 6.36 Å². The van der Waals surface area contributed by atoms with E-state index >= 15 is 0 Å². The van der Waals surface area contributed by atoms with Crippen molar-refractivity contribution in [3.63, 3.8) is 0 Å². The van der Waals surface area contributed by atoms with Gasteiger partial charge in [0.1, 0.15) is 5.75 Å². The lowest BCUT2D eigenvalue weighted by molar-refractivity contribution is -0.274. The SMILES string of the molecule is CCNC(=NCCc1ccc(OC(F)(F)F)cc1)NC1CCN(C(=O)CC)C1. The van der Waals surface area contributed by atoms with Crippen molar-refractivity contribution in [1.29, 1.82) is 0 Å².